The van der Waals surface area contributed by atoms with Crippen LogP contribution in [0, 0.1) is 5.41 Å². The van der Waals surface area contributed by atoms with Crippen LogP contribution in [0.2, 0.25) is 0 Å². The molecule has 4 fully saturated rings. The molecule has 0 unspecified atom stereocenters. The van der Waals surface area contributed by atoms with E-state index in [2.05, 4.69) is 50.3 Å². The van der Waals surface area contributed by atoms with Crippen LogP contribution in [0.3, 0.4) is 0 Å². The van der Waals surface area contributed by atoms with Crippen molar-refractivity contribution in [2.24, 2.45) is 5.41 Å². The van der Waals surface area contributed by atoms with Gasteiger partial charge in [-0.15, -0.1) is 0 Å². The first kappa shape index (κ1) is 24.0. The van der Waals surface area contributed by atoms with Crippen molar-refractivity contribution in [3.05, 3.63) is 47.5 Å². The first-order valence-corrected chi connectivity index (χ1v) is 13.3. The minimum absolute atomic E-state index is 0.0148. The molecule has 1 aromatic rings. The Morgan fingerprint density at radius 1 is 0.875 bits per heavy atom. The van der Waals surface area contributed by atoms with Crippen LogP contribution in [0.1, 0.15) is 108 Å². The number of unbranched alkanes of at least 4 members (excludes halogenated alkanes) is 3. The van der Waals surface area contributed by atoms with Crippen molar-refractivity contribution in [1.82, 2.24) is 0 Å². The van der Waals surface area contributed by atoms with Gasteiger partial charge in [0.25, 0.3) is 0 Å². The van der Waals surface area contributed by atoms with Gasteiger partial charge in [0.2, 0.25) is 0 Å². The fourth-order valence-electron chi connectivity index (χ4n) is 6.16. The van der Waals surface area contributed by atoms with E-state index in [-0.39, 0.29) is 12.4 Å². The Balaban J connectivity index is 1.26. The van der Waals surface area contributed by atoms with E-state index in [0.717, 1.165) is 6.42 Å². The number of allylic oxidation sites excluding steroid dienone is 1. The average molecular weight is 441 g/mol. The lowest BCUT2D eigenvalue weighted by molar-refractivity contribution is -0.232. The zero-order valence-corrected chi connectivity index (χ0v) is 20.5. The third kappa shape index (κ3) is 5.66. The second-order valence-corrected chi connectivity index (χ2v) is 10.5. The molecule has 0 radical (unpaired) electrons. The number of fused-ring (bicyclic) bond motifs is 3. The van der Waals surface area contributed by atoms with Crippen molar-refractivity contribution in [3.8, 4) is 0 Å². The second-order valence-electron chi connectivity index (χ2n) is 10.5. The Hall–Kier alpha value is -1.16. The standard InChI is InChI=1S/C29H44O3/c1-3-5-7-9-21-30-27-23-31-26(22-32-27)24-10-12-25(13-11-24)29-18-15-28(16-19-29,17-20-29)14-8-6-4-2/h7,9-13,26-27H,3-6,8,14-23H2,1-2H3/b9-7+/t26-,27+,28?,29?/m1/s1. The van der Waals surface area contributed by atoms with Gasteiger partial charge in [-0.2, -0.15) is 0 Å². The molecular formula is C29H44O3. The van der Waals surface area contributed by atoms with E-state index >= 15 is 0 Å². The summed E-state index contributed by atoms with van der Waals surface area (Å²) < 4.78 is 17.8. The second kappa shape index (κ2) is 11.3. The highest BCUT2D eigenvalue weighted by molar-refractivity contribution is 5.32. The smallest absolute Gasteiger partial charge is 0.181 e. The molecule has 0 N–H and O–H groups in total. The Labute approximate surface area is 195 Å². The molecule has 1 aliphatic heterocycles. The van der Waals surface area contributed by atoms with Gasteiger partial charge < -0.3 is 14.2 Å². The highest BCUT2D eigenvalue weighted by Crippen LogP contribution is 2.59. The lowest BCUT2D eigenvalue weighted by Gasteiger charge is -2.54. The number of benzene rings is 1. The van der Waals surface area contributed by atoms with Crippen LogP contribution >= 0.6 is 0 Å². The molecule has 3 nitrogen and oxygen atoms in total. The molecule has 1 aromatic carbocycles. The van der Waals surface area contributed by atoms with Crippen LogP contribution in [-0.4, -0.2) is 26.1 Å². The summed E-state index contributed by atoms with van der Waals surface area (Å²) >= 11 is 0. The Kier molecular flexibility index (Phi) is 8.48. The lowest BCUT2D eigenvalue weighted by atomic mass is 9.51. The van der Waals surface area contributed by atoms with Crippen molar-refractivity contribution >= 4 is 0 Å². The summed E-state index contributed by atoms with van der Waals surface area (Å²) in [6.45, 7) is 6.15. The molecule has 3 saturated carbocycles. The molecule has 5 rings (SSSR count). The van der Waals surface area contributed by atoms with E-state index in [1.54, 1.807) is 5.56 Å². The lowest BCUT2D eigenvalue weighted by Crippen LogP contribution is -2.44. The van der Waals surface area contributed by atoms with Crippen LogP contribution in [0.5, 0.6) is 0 Å². The highest BCUT2D eigenvalue weighted by atomic mass is 16.7. The summed E-state index contributed by atoms with van der Waals surface area (Å²) in [5.74, 6) is 0. The van der Waals surface area contributed by atoms with E-state index in [4.69, 9.17) is 14.2 Å². The van der Waals surface area contributed by atoms with Crippen molar-refractivity contribution in [2.45, 2.75) is 109 Å². The van der Waals surface area contributed by atoms with Crippen LogP contribution < -0.4 is 0 Å². The maximum absolute atomic E-state index is 6.09. The molecule has 0 aromatic heterocycles. The summed E-state index contributed by atoms with van der Waals surface area (Å²) in [5.41, 5.74) is 3.89. The molecule has 0 spiro atoms. The van der Waals surface area contributed by atoms with Crippen molar-refractivity contribution in [2.75, 3.05) is 19.8 Å². The summed E-state index contributed by atoms with van der Waals surface area (Å²) in [6, 6.07) is 9.33. The zero-order valence-electron chi connectivity index (χ0n) is 20.5. The number of ether oxygens (including phenoxy) is 3. The van der Waals surface area contributed by atoms with Gasteiger partial charge in [0.15, 0.2) is 6.29 Å². The van der Waals surface area contributed by atoms with Crippen LogP contribution in [0.15, 0.2) is 36.4 Å². The Morgan fingerprint density at radius 2 is 1.62 bits per heavy atom. The third-order valence-electron chi connectivity index (χ3n) is 8.47. The van der Waals surface area contributed by atoms with Gasteiger partial charge in [0, 0.05) is 0 Å². The topological polar surface area (TPSA) is 27.7 Å². The quantitative estimate of drug-likeness (QED) is 0.261. The van der Waals surface area contributed by atoms with E-state index in [1.807, 2.05) is 0 Å². The molecule has 4 aliphatic rings. The number of hydrogen-bond acceptors (Lipinski definition) is 3. The molecule has 0 amide bonds. The minimum atomic E-state index is -0.252. The molecule has 2 atom stereocenters. The predicted molar refractivity (Wildman–Crippen MR) is 131 cm³/mol. The van der Waals surface area contributed by atoms with Gasteiger partial charge in [0.05, 0.1) is 19.8 Å². The molecule has 178 valence electrons. The summed E-state index contributed by atoms with van der Waals surface area (Å²) in [7, 11) is 0. The average Bonchev–Trinajstić information content (AvgIpc) is 2.86. The van der Waals surface area contributed by atoms with Gasteiger partial charge in [-0.3, -0.25) is 0 Å². The van der Waals surface area contributed by atoms with Gasteiger partial charge in [-0.25, -0.2) is 0 Å². The van der Waals surface area contributed by atoms with Crippen LogP contribution in [0.25, 0.3) is 0 Å². The largest absolute Gasteiger partial charge is 0.366 e. The van der Waals surface area contributed by atoms with Gasteiger partial charge in [0.1, 0.15) is 6.10 Å². The molecular weight excluding hydrogens is 396 g/mol. The molecule has 3 aliphatic carbocycles. The Morgan fingerprint density at radius 3 is 2.25 bits per heavy atom. The third-order valence-corrected chi connectivity index (χ3v) is 8.47. The fraction of sp³-hybridized carbons (Fsp3) is 0.724. The first-order chi connectivity index (χ1) is 15.7. The normalized spacial score (nSPS) is 32.6. The molecule has 1 heterocycles. The van der Waals surface area contributed by atoms with E-state index in [0.29, 0.717) is 30.7 Å². The zero-order chi connectivity index (χ0) is 22.3. The predicted octanol–water partition coefficient (Wildman–Crippen LogP) is 7.65. The fourth-order valence-corrected chi connectivity index (χ4v) is 6.16. The summed E-state index contributed by atoms with van der Waals surface area (Å²) in [4.78, 5) is 0. The monoisotopic (exact) mass is 440 g/mol. The van der Waals surface area contributed by atoms with Crippen LogP contribution in [-0.2, 0) is 19.6 Å². The first-order valence-electron chi connectivity index (χ1n) is 13.3. The van der Waals surface area contributed by atoms with Gasteiger partial charge in [-0.1, -0.05) is 75.9 Å². The summed E-state index contributed by atoms with van der Waals surface area (Å²) in [5, 5.41) is 0. The van der Waals surface area contributed by atoms with E-state index in [1.165, 1.54) is 76.2 Å². The molecule has 2 bridgehead atoms. The van der Waals surface area contributed by atoms with Gasteiger partial charge >= 0.3 is 0 Å². The SMILES string of the molecule is CCC/C=C/CO[C@@H]1CO[C@@H](c2ccc(C34CCC(CCCCC)(CC3)CC4)cc2)CO1. The summed E-state index contributed by atoms with van der Waals surface area (Å²) in [6.07, 6.45) is 20.4. The molecule has 32 heavy (non-hydrogen) atoms. The molecule has 3 heteroatoms. The van der Waals surface area contributed by atoms with Crippen molar-refractivity contribution in [1.29, 1.82) is 0 Å². The van der Waals surface area contributed by atoms with Crippen molar-refractivity contribution in [3.63, 3.8) is 0 Å². The number of rotatable bonds is 11. The highest BCUT2D eigenvalue weighted by Gasteiger charge is 2.48. The van der Waals surface area contributed by atoms with E-state index < -0.39 is 0 Å². The van der Waals surface area contributed by atoms with E-state index in [9.17, 15) is 0 Å². The number of hydrogen-bond donors (Lipinski definition) is 0. The minimum Gasteiger partial charge on any atom is -0.366 e. The Bertz CT molecular complexity index is 690. The van der Waals surface area contributed by atoms with Gasteiger partial charge in [-0.05, 0) is 73.3 Å². The van der Waals surface area contributed by atoms with Crippen molar-refractivity contribution < 1.29 is 14.2 Å². The maximum Gasteiger partial charge on any atom is 0.181 e. The maximum atomic E-state index is 6.09. The van der Waals surface area contributed by atoms with Crippen LogP contribution in [0.4, 0.5) is 0 Å². The molecule has 1 saturated heterocycles.